The first-order valence-corrected chi connectivity index (χ1v) is 6.93. The van der Waals surface area contributed by atoms with E-state index >= 15 is 0 Å². The van der Waals surface area contributed by atoms with Crippen LogP contribution >= 0.6 is 11.6 Å². The Labute approximate surface area is 119 Å². The predicted octanol–water partition coefficient (Wildman–Crippen LogP) is 1.50. The summed E-state index contributed by atoms with van der Waals surface area (Å²) in [6, 6.07) is 7.77. The fourth-order valence-corrected chi connectivity index (χ4v) is 2.68. The summed E-state index contributed by atoms with van der Waals surface area (Å²) >= 11 is 6.03. The lowest BCUT2D eigenvalue weighted by Gasteiger charge is -2.29. The van der Waals surface area contributed by atoms with E-state index < -0.39 is 0 Å². The van der Waals surface area contributed by atoms with E-state index in [0.29, 0.717) is 18.1 Å². The first-order chi connectivity index (χ1) is 9.11. The van der Waals surface area contributed by atoms with Gasteiger partial charge in [-0.1, -0.05) is 23.7 Å². The first-order valence-electron chi connectivity index (χ1n) is 6.55. The number of benzene rings is 1. The van der Waals surface area contributed by atoms with Crippen LogP contribution in [0, 0.1) is 0 Å². The zero-order valence-corrected chi connectivity index (χ0v) is 11.9. The van der Waals surface area contributed by atoms with E-state index in [1.807, 2.05) is 31.3 Å². The molecule has 1 atom stereocenters. The topological polar surface area (TPSA) is 49.6 Å². The van der Waals surface area contributed by atoms with E-state index in [-0.39, 0.29) is 11.9 Å². The normalized spacial score (nSPS) is 19.3. The number of hydrogen-bond acceptors (Lipinski definition) is 3. The molecule has 0 saturated carbocycles. The second-order valence-electron chi connectivity index (χ2n) is 4.95. The molecule has 1 amide bonds. The van der Waals surface area contributed by atoms with Gasteiger partial charge in [0.15, 0.2) is 0 Å². The number of carbonyl (C=O) groups excluding carboxylic acids is 1. The molecular weight excluding hydrogens is 262 g/mol. The van der Waals surface area contributed by atoms with Crippen molar-refractivity contribution >= 4 is 17.5 Å². The second kappa shape index (κ2) is 6.37. The molecule has 0 spiro atoms. The highest BCUT2D eigenvalue weighted by molar-refractivity contribution is 6.30. The van der Waals surface area contributed by atoms with E-state index in [2.05, 4.69) is 4.90 Å². The quantitative estimate of drug-likeness (QED) is 0.914. The fourth-order valence-electron chi connectivity index (χ4n) is 2.49. The minimum absolute atomic E-state index is 0.0501. The van der Waals surface area contributed by atoms with Gasteiger partial charge in [0.25, 0.3) is 0 Å². The molecular formula is C14H20ClN3O. The average molecular weight is 282 g/mol. The van der Waals surface area contributed by atoms with Crippen molar-refractivity contribution in [3.05, 3.63) is 34.9 Å². The van der Waals surface area contributed by atoms with E-state index in [9.17, 15) is 4.79 Å². The van der Waals surface area contributed by atoms with Crippen LogP contribution in [0.1, 0.15) is 18.0 Å². The lowest BCUT2D eigenvalue weighted by atomic mass is 10.1. The lowest BCUT2D eigenvalue weighted by Crippen LogP contribution is -2.39. The summed E-state index contributed by atoms with van der Waals surface area (Å²) in [5.74, 6) is 0.151. The maximum Gasteiger partial charge on any atom is 0.236 e. The van der Waals surface area contributed by atoms with Crippen LogP contribution in [0.15, 0.2) is 24.3 Å². The molecule has 5 heteroatoms. The Morgan fingerprint density at radius 1 is 1.42 bits per heavy atom. The van der Waals surface area contributed by atoms with Gasteiger partial charge in [0.1, 0.15) is 0 Å². The van der Waals surface area contributed by atoms with Crippen LogP contribution in [-0.2, 0) is 4.79 Å². The molecule has 1 aliphatic rings. The number of hydrogen-bond donors (Lipinski definition) is 1. The molecule has 1 aliphatic heterocycles. The maximum absolute atomic E-state index is 12.0. The van der Waals surface area contributed by atoms with Crippen molar-refractivity contribution in [2.45, 2.75) is 12.5 Å². The van der Waals surface area contributed by atoms with Gasteiger partial charge in [0.05, 0.1) is 6.54 Å². The summed E-state index contributed by atoms with van der Waals surface area (Å²) < 4.78 is 0. The Kier molecular flexibility index (Phi) is 4.80. The van der Waals surface area contributed by atoms with Crippen molar-refractivity contribution < 1.29 is 4.79 Å². The van der Waals surface area contributed by atoms with Crippen molar-refractivity contribution in [3.63, 3.8) is 0 Å². The molecule has 19 heavy (non-hydrogen) atoms. The van der Waals surface area contributed by atoms with Crippen LogP contribution in [-0.4, -0.2) is 48.9 Å². The smallest absolute Gasteiger partial charge is 0.236 e. The van der Waals surface area contributed by atoms with E-state index in [0.717, 1.165) is 25.1 Å². The van der Waals surface area contributed by atoms with Gasteiger partial charge in [-0.05, 0) is 24.1 Å². The Bertz CT molecular complexity index is 452. The highest BCUT2D eigenvalue weighted by Crippen LogP contribution is 2.23. The number of nitrogens with zero attached hydrogens (tertiary/aromatic N) is 2. The van der Waals surface area contributed by atoms with Gasteiger partial charge in [-0.15, -0.1) is 0 Å². The SMILES string of the molecule is CN1CCCN(C(CN)c2cccc(Cl)c2)CC1=O. The molecule has 1 heterocycles. The molecule has 1 saturated heterocycles. The number of carbonyl (C=O) groups is 1. The van der Waals surface area contributed by atoms with Gasteiger partial charge in [0.2, 0.25) is 5.91 Å². The van der Waals surface area contributed by atoms with Gasteiger partial charge in [-0.2, -0.15) is 0 Å². The number of nitrogens with two attached hydrogens (primary N) is 1. The summed E-state index contributed by atoms with van der Waals surface area (Å²) in [4.78, 5) is 15.9. The molecule has 1 unspecified atom stereocenters. The Morgan fingerprint density at radius 2 is 2.21 bits per heavy atom. The molecule has 4 nitrogen and oxygen atoms in total. The van der Waals surface area contributed by atoms with Crippen molar-refractivity contribution in [2.75, 3.05) is 33.2 Å². The van der Waals surface area contributed by atoms with Crippen LogP contribution in [0.5, 0.6) is 0 Å². The van der Waals surface area contributed by atoms with Gasteiger partial charge in [-0.25, -0.2) is 0 Å². The minimum atomic E-state index is 0.0501. The number of halogens is 1. The van der Waals surface area contributed by atoms with Gasteiger partial charge < -0.3 is 10.6 Å². The lowest BCUT2D eigenvalue weighted by molar-refractivity contribution is -0.130. The molecule has 1 fully saturated rings. The first kappa shape index (κ1) is 14.3. The third-order valence-electron chi connectivity index (χ3n) is 3.60. The number of rotatable bonds is 3. The van der Waals surface area contributed by atoms with Crippen LogP contribution < -0.4 is 5.73 Å². The predicted molar refractivity (Wildman–Crippen MR) is 77.1 cm³/mol. The fraction of sp³-hybridized carbons (Fsp3) is 0.500. The highest BCUT2D eigenvalue weighted by Gasteiger charge is 2.25. The molecule has 0 bridgehead atoms. The molecule has 0 aromatic heterocycles. The zero-order valence-electron chi connectivity index (χ0n) is 11.2. The van der Waals surface area contributed by atoms with Crippen LogP contribution in [0.2, 0.25) is 5.02 Å². The van der Waals surface area contributed by atoms with Gasteiger partial charge in [0, 0.05) is 37.7 Å². The van der Waals surface area contributed by atoms with Crippen LogP contribution in [0.4, 0.5) is 0 Å². The Balaban J connectivity index is 2.19. The molecule has 0 aliphatic carbocycles. The zero-order chi connectivity index (χ0) is 13.8. The van der Waals surface area contributed by atoms with Gasteiger partial charge in [-0.3, -0.25) is 9.69 Å². The highest BCUT2D eigenvalue weighted by atomic mass is 35.5. The number of likely N-dealkylation sites (N-methyl/N-ethyl adjacent to an activating group) is 1. The molecule has 2 N–H and O–H groups in total. The van der Waals surface area contributed by atoms with Gasteiger partial charge >= 0.3 is 0 Å². The number of amides is 1. The third-order valence-corrected chi connectivity index (χ3v) is 3.84. The molecule has 1 aromatic carbocycles. The summed E-state index contributed by atoms with van der Waals surface area (Å²) in [5, 5.41) is 0.703. The summed E-state index contributed by atoms with van der Waals surface area (Å²) in [5.41, 5.74) is 6.98. The summed E-state index contributed by atoms with van der Waals surface area (Å²) in [6.45, 7) is 2.59. The summed E-state index contributed by atoms with van der Waals surface area (Å²) in [6.07, 6.45) is 0.972. The monoisotopic (exact) mass is 281 g/mol. The maximum atomic E-state index is 12.0. The largest absolute Gasteiger partial charge is 0.345 e. The minimum Gasteiger partial charge on any atom is -0.345 e. The molecule has 1 aromatic rings. The standard InChI is InChI=1S/C14H20ClN3O/c1-17-6-3-7-18(10-14(17)19)13(9-16)11-4-2-5-12(15)8-11/h2,4-5,8,13H,3,6-7,9-10,16H2,1H3. The molecule has 104 valence electrons. The molecule has 2 rings (SSSR count). The van der Waals surface area contributed by atoms with Crippen molar-refractivity contribution in [1.82, 2.24) is 9.80 Å². The second-order valence-corrected chi connectivity index (χ2v) is 5.38. The van der Waals surface area contributed by atoms with Crippen LogP contribution in [0.3, 0.4) is 0 Å². The van der Waals surface area contributed by atoms with Crippen molar-refractivity contribution in [3.8, 4) is 0 Å². The van der Waals surface area contributed by atoms with Crippen molar-refractivity contribution in [2.24, 2.45) is 5.73 Å². The van der Waals surface area contributed by atoms with Crippen LogP contribution in [0.25, 0.3) is 0 Å². The Hall–Kier alpha value is -1.10. The Morgan fingerprint density at radius 3 is 2.89 bits per heavy atom. The van der Waals surface area contributed by atoms with E-state index in [1.54, 1.807) is 4.90 Å². The average Bonchev–Trinajstić information content (AvgIpc) is 2.54. The van der Waals surface area contributed by atoms with E-state index in [4.69, 9.17) is 17.3 Å². The summed E-state index contributed by atoms with van der Waals surface area (Å²) in [7, 11) is 1.85. The van der Waals surface area contributed by atoms with E-state index in [1.165, 1.54) is 0 Å². The third kappa shape index (κ3) is 3.47. The molecule has 0 radical (unpaired) electrons. The van der Waals surface area contributed by atoms with Crippen molar-refractivity contribution in [1.29, 1.82) is 0 Å².